The second kappa shape index (κ2) is 10.5. The van der Waals surface area contributed by atoms with Crippen LogP contribution in [-0.4, -0.2) is 39.3 Å². The van der Waals surface area contributed by atoms with Crippen molar-refractivity contribution in [3.8, 4) is 0 Å². The Morgan fingerprint density at radius 3 is 2.68 bits per heavy atom. The van der Waals surface area contributed by atoms with Gasteiger partial charge in [-0.05, 0) is 42.3 Å². The smallest absolute Gasteiger partial charge is 0.191 e. The maximum atomic E-state index is 13.6. The number of guanidine groups is 1. The van der Waals surface area contributed by atoms with E-state index in [1.807, 2.05) is 12.1 Å². The molecular formula is C18H23F2N3O2. The second-order valence-corrected chi connectivity index (χ2v) is 5.39. The summed E-state index contributed by atoms with van der Waals surface area (Å²) >= 11 is 0. The Morgan fingerprint density at radius 2 is 1.96 bits per heavy atom. The summed E-state index contributed by atoms with van der Waals surface area (Å²) in [5.74, 6) is 0.625. The van der Waals surface area contributed by atoms with Crippen LogP contribution in [0.4, 0.5) is 8.78 Å². The fourth-order valence-electron chi connectivity index (χ4n) is 2.23. The fraction of sp³-hybridized carbons (Fsp3) is 0.389. The van der Waals surface area contributed by atoms with Gasteiger partial charge in [-0.2, -0.15) is 0 Å². The van der Waals surface area contributed by atoms with Gasteiger partial charge in [0, 0.05) is 26.6 Å². The van der Waals surface area contributed by atoms with Crippen molar-refractivity contribution in [3.05, 3.63) is 59.6 Å². The molecular weight excluding hydrogens is 328 g/mol. The molecule has 0 saturated heterocycles. The number of ether oxygens (including phenoxy) is 1. The predicted molar refractivity (Wildman–Crippen MR) is 92.7 cm³/mol. The highest BCUT2D eigenvalue weighted by molar-refractivity contribution is 5.79. The maximum absolute atomic E-state index is 13.6. The number of halogens is 2. The van der Waals surface area contributed by atoms with E-state index in [9.17, 15) is 8.78 Å². The maximum Gasteiger partial charge on any atom is 0.191 e. The minimum absolute atomic E-state index is 0.333. The molecule has 0 aliphatic carbocycles. The topological polar surface area (TPSA) is 58.8 Å². The third kappa shape index (κ3) is 6.93. The van der Waals surface area contributed by atoms with Crippen molar-refractivity contribution in [1.82, 2.24) is 10.6 Å². The van der Waals surface area contributed by atoms with Gasteiger partial charge < -0.3 is 19.8 Å². The summed E-state index contributed by atoms with van der Waals surface area (Å²) < 4.78 is 37.1. The quantitative estimate of drug-likeness (QED) is 0.414. The monoisotopic (exact) mass is 351 g/mol. The van der Waals surface area contributed by atoms with Crippen LogP contribution in [0.5, 0.6) is 0 Å². The third-order valence-corrected chi connectivity index (χ3v) is 3.50. The normalized spacial score (nSPS) is 11.6. The van der Waals surface area contributed by atoms with Gasteiger partial charge in [-0.25, -0.2) is 8.78 Å². The van der Waals surface area contributed by atoms with Crippen LogP contribution in [-0.2, 0) is 17.6 Å². The van der Waals surface area contributed by atoms with E-state index in [2.05, 4.69) is 15.6 Å². The summed E-state index contributed by atoms with van der Waals surface area (Å²) in [6.07, 6.45) is 2.71. The number of rotatable bonds is 9. The van der Waals surface area contributed by atoms with Crippen LogP contribution in [0.2, 0.25) is 0 Å². The van der Waals surface area contributed by atoms with Crippen LogP contribution < -0.4 is 10.6 Å². The van der Waals surface area contributed by atoms with E-state index in [0.29, 0.717) is 44.2 Å². The van der Waals surface area contributed by atoms with Crippen molar-refractivity contribution in [3.63, 3.8) is 0 Å². The molecule has 0 aliphatic rings. The number of nitrogens with zero attached hydrogens (tertiary/aromatic N) is 1. The molecule has 0 aliphatic heterocycles. The second-order valence-electron chi connectivity index (χ2n) is 5.39. The highest BCUT2D eigenvalue weighted by Gasteiger charge is 2.05. The molecule has 0 radical (unpaired) electrons. The zero-order valence-corrected chi connectivity index (χ0v) is 14.2. The first kappa shape index (κ1) is 18.9. The van der Waals surface area contributed by atoms with Gasteiger partial charge in [-0.1, -0.05) is 0 Å². The van der Waals surface area contributed by atoms with Gasteiger partial charge in [-0.3, -0.25) is 4.99 Å². The number of nitrogens with one attached hydrogen (secondary N) is 2. The van der Waals surface area contributed by atoms with E-state index in [0.717, 1.165) is 24.3 Å². The van der Waals surface area contributed by atoms with E-state index < -0.39 is 11.6 Å². The number of hydrogen-bond acceptors (Lipinski definition) is 3. The van der Waals surface area contributed by atoms with E-state index in [4.69, 9.17) is 9.15 Å². The Balaban J connectivity index is 1.82. The van der Waals surface area contributed by atoms with Crippen LogP contribution in [0.25, 0.3) is 0 Å². The SMILES string of the molecule is COCCN=C(NCCc1ccco1)NCCc1cc(F)ccc1F. The van der Waals surface area contributed by atoms with Gasteiger partial charge in [0.05, 0.1) is 19.4 Å². The molecule has 0 fully saturated rings. The molecule has 25 heavy (non-hydrogen) atoms. The Kier molecular flexibility index (Phi) is 7.91. The largest absolute Gasteiger partial charge is 0.469 e. The highest BCUT2D eigenvalue weighted by Crippen LogP contribution is 2.09. The average molecular weight is 351 g/mol. The molecule has 0 unspecified atom stereocenters. The van der Waals surface area contributed by atoms with Crippen molar-refractivity contribution < 1.29 is 17.9 Å². The number of aliphatic imine (C=N–C) groups is 1. The van der Waals surface area contributed by atoms with Crippen LogP contribution in [0.3, 0.4) is 0 Å². The lowest BCUT2D eigenvalue weighted by atomic mass is 10.1. The summed E-state index contributed by atoms with van der Waals surface area (Å²) in [6, 6.07) is 7.21. The van der Waals surface area contributed by atoms with Crippen molar-refractivity contribution in [2.24, 2.45) is 4.99 Å². The molecule has 7 heteroatoms. The first-order valence-corrected chi connectivity index (χ1v) is 8.16. The Bertz CT molecular complexity index is 660. The lowest BCUT2D eigenvalue weighted by Gasteiger charge is -2.12. The number of benzene rings is 1. The lowest BCUT2D eigenvalue weighted by molar-refractivity contribution is 0.208. The molecule has 1 heterocycles. The Hall–Kier alpha value is -2.41. The molecule has 2 aromatic rings. The van der Waals surface area contributed by atoms with E-state index in [-0.39, 0.29) is 0 Å². The van der Waals surface area contributed by atoms with Crippen molar-refractivity contribution >= 4 is 5.96 Å². The number of hydrogen-bond donors (Lipinski definition) is 2. The minimum Gasteiger partial charge on any atom is -0.469 e. The summed E-state index contributed by atoms with van der Waals surface area (Å²) in [5.41, 5.74) is 0.333. The minimum atomic E-state index is -0.443. The van der Waals surface area contributed by atoms with Gasteiger partial charge in [0.1, 0.15) is 17.4 Å². The first-order valence-electron chi connectivity index (χ1n) is 8.16. The van der Waals surface area contributed by atoms with Crippen molar-refractivity contribution in [1.29, 1.82) is 0 Å². The van der Waals surface area contributed by atoms with Crippen molar-refractivity contribution in [2.45, 2.75) is 12.8 Å². The standard InChI is InChI=1S/C18H23F2N3O2/c1-24-12-10-23-18(22-9-7-16-3-2-11-25-16)21-8-6-14-13-15(19)4-5-17(14)20/h2-5,11,13H,6-10,12H2,1H3,(H2,21,22,23). The third-order valence-electron chi connectivity index (χ3n) is 3.50. The molecule has 0 atom stereocenters. The van der Waals surface area contributed by atoms with E-state index in [1.54, 1.807) is 13.4 Å². The molecule has 0 saturated carbocycles. The van der Waals surface area contributed by atoms with Crippen LogP contribution in [0.15, 0.2) is 46.0 Å². The summed E-state index contributed by atoms with van der Waals surface area (Å²) in [6.45, 7) is 2.07. The molecule has 136 valence electrons. The zero-order valence-electron chi connectivity index (χ0n) is 14.2. The molecule has 1 aromatic carbocycles. The van der Waals surface area contributed by atoms with Gasteiger partial charge in [0.25, 0.3) is 0 Å². The molecule has 2 N–H and O–H groups in total. The Labute approximate surface area is 146 Å². The number of furan rings is 1. The van der Waals surface area contributed by atoms with Crippen LogP contribution in [0.1, 0.15) is 11.3 Å². The van der Waals surface area contributed by atoms with Gasteiger partial charge in [0.2, 0.25) is 0 Å². The fourth-order valence-corrected chi connectivity index (χ4v) is 2.23. The zero-order chi connectivity index (χ0) is 17.9. The molecule has 0 amide bonds. The molecule has 0 spiro atoms. The average Bonchev–Trinajstić information content (AvgIpc) is 3.11. The van der Waals surface area contributed by atoms with Gasteiger partial charge in [0.15, 0.2) is 5.96 Å². The molecule has 5 nitrogen and oxygen atoms in total. The van der Waals surface area contributed by atoms with Crippen LogP contribution >= 0.6 is 0 Å². The molecule has 2 rings (SSSR count). The summed E-state index contributed by atoms with van der Waals surface area (Å²) in [7, 11) is 1.61. The van der Waals surface area contributed by atoms with Gasteiger partial charge in [-0.15, -0.1) is 0 Å². The summed E-state index contributed by atoms with van der Waals surface area (Å²) in [4.78, 5) is 4.37. The predicted octanol–water partition coefficient (Wildman–Crippen LogP) is 2.52. The Morgan fingerprint density at radius 1 is 1.16 bits per heavy atom. The molecule has 1 aromatic heterocycles. The summed E-state index contributed by atoms with van der Waals surface area (Å²) in [5, 5.41) is 6.30. The van der Waals surface area contributed by atoms with Gasteiger partial charge >= 0.3 is 0 Å². The van der Waals surface area contributed by atoms with E-state index in [1.165, 1.54) is 6.07 Å². The van der Waals surface area contributed by atoms with E-state index >= 15 is 0 Å². The lowest BCUT2D eigenvalue weighted by Crippen LogP contribution is -2.39. The molecule has 0 bridgehead atoms. The van der Waals surface area contributed by atoms with Crippen LogP contribution in [0, 0.1) is 11.6 Å². The highest BCUT2D eigenvalue weighted by atomic mass is 19.1. The first-order chi connectivity index (χ1) is 12.2. The number of methoxy groups -OCH3 is 1. The van der Waals surface area contributed by atoms with Crippen molar-refractivity contribution in [2.75, 3.05) is 33.4 Å².